The largest absolute Gasteiger partial charge is 0.370 e. The lowest BCUT2D eigenvalue weighted by Gasteiger charge is -2.03. The van der Waals surface area contributed by atoms with E-state index >= 15 is 0 Å². The Balaban J connectivity index is 1.97. The molecule has 0 saturated heterocycles. The van der Waals surface area contributed by atoms with Gasteiger partial charge >= 0.3 is 0 Å². The fourth-order valence-electron chi connectivity index (χ4n) is 1.80. The molecule has 0 aliphatic carbocycles. The number of aromatic nitrogens is 3. The number of thioether (sulfide) groups is 1. The Bertz CT molecular complexity index is 702. The number of Topliss-reactive ketones (excluding diaryl/α,β-unsaturated/α-hetero) is 1. The number of nitrogens with two attached hydrogens (primary N) is 1. The third kappa shape index (κ3) is 4.41. The second-order valence-electron chi connectivity index (χ2n) is 4.65. The Labute approximate surface area is 140 Å². The van der Waals surface area contributed by atoms with Crippen molar-refractivity contribution in [3.8, 4) is 0 Å². The zero-order valence-corrected chi connectivity index (χ0v) is 14.4. The molecule has 0 spiro atoms. The lowest BCUT2D eigenvalue weighted by molar-refractivity contribution is -0.118. The fourth-order valence-corrected chi connectivity index (χ4v) is 3.02. The molecule has 0 saturated carbocycles. The second kappa shape index (κ2) is 7.55. The van der Waals surface area contributed by atoms with Gasteiger partial charge in [-0.3, -0.25) is 9.59 Å². The van der Waals surface area contributed by atoms with E-state index < -0.39 is 0 Å². The minimum Gasteiger partial charge on any atom is -0.370 e. The zero-order chi connectivity index (χ0) is 16.1. The summed E-state index contributed by atoms with van der Waals surface area (Å²) in [5, 5.41) is 8.70. The number of hydrogen-bond donors (Lipinski definition) is 1. The summed E-state index contributed by atoms with van der Waals surface area (Å²) in [5.41, 5.74) is 5.77. The Morgan fingerprint density at radius 1 is 1.36 bits per heavy atom. The third-order valence-corrected chi connectivity index (χ3v) is 4.51. The van der Waals surface area contributed by atoms with E-state index in [4.69, 9.17) is 5.73 Å². The van der Waals surface area contributed by atoms with Gasteiger partial charge < -0.3 is 10.3 Å². The van der Waals surface area contributed by atoms with Gasteiger partial charge in [-0.15, -0.1) is 10.2 Å². The maximum Gasteiger partial charge on any atom is 0.217 e. The molecule has 2 aromatic rings. The zero-order valence-electron chi connectivity index (χ0n) is 12.0. The Morgan fingerprint density at radius 2 is 2.14 bits per heavy atom. The highest BCUT2D eigenvalue weighted by Crippen LogP contribution is 2.19. The first kappa shape index (κ1) is 16.7. The van der Waals surface area contributed by atoms with Gasteiger partial charge in [0.25, 0.3) is 0 Å². The maximum atomic E-state index is 12.1. The van der Waals surface area contributed by atoms with Gasteiger partial charge in [-0.2, -0.15) is 0 Å². The summed E-state index contributed by atoms with van der Waals surface area (Å²) in [6.07, 6.45) is 0.673. The molecule has 116 valence electrons. The molecule has 0 atom stereocenters. The van der Waals surface area contributed by atoms with Crippen LogP contribution in [0.5, 0.6) is 0 Å². The Hall–Kier alpha value is -1.67. The van der Waals surface area contributed by atoms with Crippen molar-refractivity contribution < 1.29 is 9.59 Å². The number of carbonyl (C=O) groups is 2. The van der Waals surface area contributed by atoms with E-state index in [0.717, 1.165) is 4.47 Å². The SMILES string of the molecule is Cn1c(CCC(N)=O)nnc1SCC(=O)c1cccc(Br)c1. The van der Waals surface area contributed by atoms with E-state index in [2.05, 4.69) is 26.1 Å². The summed E-state index contributed by atoms with van der Waals surface area (Å²) in [6.45, 7) is 0. The van der Waals surface area contributed by atoms with E-state index in [-0.39, 0.29) is 23.9 Å². The van der Waals surface area contributed by atoms with E-state index in [1.165, 1.54) is 11.8 Å². The quantitative estimate of drug-likeness (QED) is 0.583. The van der Waals surface area contributed by atoms with E-state index in [9.17, 15) is 9.59 Å². The van der Waals surface area contributed by atoms with Crippen molar-refractivity contribution >= 4 is 39.4 Å². The second-order valence-corrected chi connectivity index (χ2v) is 6.50. The summed E-state index contributed by atoms with van der Waals surface area (Å²) in [4.78, 5) is 22.9. The summed E-state index contributed by atoms with van der Waals surface area (Å²) in [6, 6.07) is 7.27. The number of amides is 1. The van der Waals surface area contributed by atoms with Crippen LogP contribution in [-0.2, 0) is 18.3 Å². The molecular formula is C14H15BrN4O2S. The van der Waals surface area contributed by atoms with Crippen molar-refractivity contribution in [3.05, 3.63) is 40.1 Å². The van der Waals surface area contributed by atoms with Crippen LogP contribution in [0, 0.1) is 0 Å². The molecule has 2 N–H and O–H groups in total. The molecule has 0 radical (unpaired) electrons. The summed E-state index contributed by atoms with van der Waals surface area (Å²) in [7, 11) is 1.81. The smallest absolute Gasteiger partial charge is 0.217 e. The number of carbonyl (C=O) groups excluding carboxylic acids is 2. The molecule has 2 rings (SSSR count). The monoisotopic (exact) mass is 382 g/mol. The van der Waals surface area contributed by atoms with E-state index in [1.807, 2.05) is 19.2 Å². The molecule has 8 heteroatoms. The van der Waals surface area contributed by atoms with Gasteiger partial charge in [-0.1, -0.05) is 39.8 Å². The molecule has 6 nitrogen and oxygen atoms in total. The van der Waals surface area contributed by atoms with Gasteiger partial charge in [0, 0.05) is 29.9 Å². The molecule has 0 aliphatic heterocycles. The van der Waals surface area contributed by atoms with Crippen LogP contribution in [0.2, 0.25) is 0 Å². The van der Waals surface area contributed by atoms with Gasteiger partial charge in [0.2, 0.25) is 5.91 Å². The molecule has 0 aliphatic rings. The average molecular weight is 383 g/mol. The van der Waals surface area contributed by atoms with Crippen molar-refractivity contribution in [2.45, 2.75) is 18.0 Å². The Kier molecular flexibility index (Phi) is 5.73. The summed E-state index contributed by atoms with van der Waals surface area (Å²) < 4.78 is 2.65. The van der Waals surface area contributed by atoms with Crippen molar-refractivity contribution in [2.75, 3.05) is 5.75 Å². The maximum absolute atomic E-state index is 12.1. The highest BCUT2D eigenvalue weighted by Gasteiger charge is 2.13. The number of aryl methyl sites for hydroxylation is 1. The lowest BCUT2D eigenvalue weighted by atomic mass is 10.2. The average Bonchev–Trinajstić information content (AvgIpc) is 2.83. The normalized spacial score (nSPS) is 10.6. The van der Waals surface area contributed by atoms with Crippen LogP contribution < -0.4 is 5.73 Å². The molecule has 0 unspecified atom stereocenters. The van der Waals surface area contributed by atoms with E-state index in [1.54, 1.807) is 16.7 Å². The number of primary amides is 1. The molecule has 1 amide bonds. The Morgan fingerprint density at radius 3 is 2.82 bits per heavy atom. The first-order valence-electron chi connectivity index (χ1n) is 6.55. The third-order valence-electron chi connectivity index (χ3n) is 3.00. The van der Waals surface area contributed by atoms with Crippen molar-refractivity contribution in [2.24, 2.45) is 12.8 Å². The highest BCUT2D eigenvalue weighted by molar-refractivity contribution is 9.10. The first-order chi connectivity index (χ1) is 10.5. The van der Waals surface area contributed by atoms with Crippen molar-refractivity contribution in [3.63, 3.8) is 0 Å². The lowest BCUT2D eigenvalue weighted by Crippen LogP contribution is -2.13. The summed E-state index contributed by atoms with van der Waals surface area (Å²) in [5.74, 6) is 0.601. The first-order valence-corrected chi connectivity index (χ1v) is 8.33. The minimum absolute atomic E-state index is 0.0213. The van der Waals surface area contributed by atoms with Crippen LogP contribution in [0.15, 0.2) is 33.9 Å². The van der Waals surface area contributed by atoms with Crippen LogP contribution >= 0.6 is 27.7 Å². The topological polar surface area (TPSA) is 90.9 Å². The van der Waals surface area contributed by atoms with Gasteiger partial charge in [0.15, 0.2) is 10.9 Å². The van der Waals surface area contributed by atoms with Gasteiger partial charge in [-0.25, -0.2) is 0 Å². The van der Waals surface area contributed by atoms with Crippen molar-refractivity contribution in [1.82, 2.24) is 14.8 Å². The predicted octanol–water partition coefficient (Wildman–Crippen LogP) is 1.97. The van der Waals surface area contributed by atoms with Crippen molar-refractivity contribution in [1.29, 1.82) is 0 Å². The van der Waals surface area contributed by atoms with Gasteiger partial charge in [0.05, 0.1) is 5.75 Å². The van der Waals surface area contributed by atoms with Crippen LogP contribution in [0.1, 0.15) is 22.6 Å². The van der Waals surface area contributed by atoms with Crippen LogP contribution in [0.4, 0.5) is 0 Å². The standard InChI is InChI=1S/C14H15BrN4O2S/c1-19-13(6-5-12(16)21)17-18-14(19)22-8-11(20)9-3-2-4-10(15)7-9/h2-4,7H,5-6,8H2,1H3,(H2,16,21). The van der Waals surface area contributed by atoms with Gasteiger partial charge in [-0.05, 0) is 12.1 Å². The molecule has 0 fully saturated rings. The predicted molar refractivity (Wildman–Crippen MR) is 87.7 cm³/mol. The number of ketones is 1. The number of benzene rings is 1. The molecule has 1 heterocycles. The minimum atomic E-state index is -0.373. The number of rotatable bonds is 7. The highest BCUT2D eigenvalue weighted by atomic mass is 79.9. The van der Waals surface area contributed by atoms with Crippen LogP contribution in [-0.4, -0.2) is 32.2 Å². The van der Waals surface area contributed by atoms with Crippen LogP contribution in [0.25, 0.3) is 0 Å². The van der Waals surface area contributed by atoms with Crippen LogP contribution in [0.3, 0.4) is 0 Å². The summed E-state index contributed by atoms with van der Waals surface area (Å²) >= 11 is 4.67. The number of nitrogens with zero attached hydrogens (tertiary/aromatic N) is 3. The molecule has 0 bridgehead atoms. The number of hydrogen-bond acceptors (Lipinski definition) is 5. The molecule has 1 aromatic heterocycles. The number of halogens is 1. The molecule has 1 aromatic carbocycles. The van der Waals surface area contributed by atoms with E-state index in [0.29, 0.717) is 23.0 Å². The molecule has 22 heavy (non-hydrogen) atoms. The molecular weight excluding hydrogens is 368 g/mol. The fraction of sp³-hybridized carbons (Fsp3) is 0.286. The van der Waals surface area contributed by atoms with Gasteiger partial charge in [0.1, 0.15) is 5.82 Å².